The van der Waals surface area contributed by atoms with Crippen LogP contribution in [-0.4, -0.2) is 44.6 Å². The van der Waals surface area contributed by atoms with E-state index in [0.717, 1.165) is 6.07 Å². The fraction of sp³-hybridized carbons (Fsp3) is 0.476. The summed E-state index contributed by atoms with van der Waals surface area (Å²) in [5, 5.41) is 7.11. The average Bonchev–Trinajstić information content (AvgIpc) is 3.01. The number of primary amides is 1. The topological polar surface area (TPSA) is 93.2 Å². The molecule has 32 heavy (non-hydrogen) atoms. The standard InChI is InChI=1S/C21H23ClF3N5O2/c1-19(2,3)27-18(32)29-7-14-15(17(26)31)16(11-4-5-13(23)12(22)6-11)28-30(14)20(10-29)8-21(24,25)9-20/h4-6H,7-10H2,1-3H3,(H2,26,31)(H,27,32). The van der Waals surface area contributed by atoms with Crippen LogP contribution in [0.2, 0.25) is 5.02 Å². The van der Waals surface area contributed by atoms with E-state index in [1.165, 1.54) is 21.7 Å². The van der Waals surface area contributed by atoms with Crippen LogP contribution in [0.1, 0.15) is 49.7 Å². The summed E-state index contributed by atoms with van der Waals surface area (Å²) < 4.78 is 43.1. The SMILES string of the molecule is CC(C)(C)NC(=O)N1Cc2c(C(N)=O)c(-c3ccc(F)c(Cl)c3)nn2C2(C1)CC(F)(F)C2. The normalized spacial score (nSPS) is 18.8. The monoisotopic (exact) mass is 469 g/mol. The van der Waals surface area contributed by atoms with Crippen molar-refractivity contribution in [3.8, 4) is 11.3 Å². The van der Waals surface area contributed by atoms with E-state index < -0.39 is 47.6 Å². The van der Waals surface area contributed by atoms with Gasteiger partial charge in [0, 0.05) is 30.5 Å². The second kappa shape index (κ2) is 7.13. The van der Waals surface area contributed by atoms with Gasteiger partial charge in [0.1, 0.15) is 11.5 Å². The third-order valence-corrected chi connectivity index (χ3v) is 5.93. The van der Waals surface area contributed by atoms with Crippen LogP contribution in [0.3, 0.4) is 0 Å². The summed E-state index contributed by atoms with van der Waals surface area (Å²) in [5.74, 6) is -4.40. The van der Waals surface area contributed by atoms with Crippen molar-refractivity contribution in [2.45, 2.75) is 57.2 Å². The van der Waals surface area contributed by atoms with Crippen molar-refractivity contribution in [2.75, 3.05) is 6.54 Å². The second-order valence-electron chi connectivity index (χ2n) is 9.55. The molecular weight excluding hydrogens is 447 g/mol. The van der Waals surface area contributed by atoms with Gasteiger partial charge < -0.3 is 16.0 Å². The molecule has 2 aromatic rings. The highest BCUT2D eigenvalue weighted by Crippen LogP contribution is 2.53. The number of benzene rings is 1. The van der Waals surface area contributed by atoms with Crippen molar-refractivity contribution in [3.63, 3.8) is 0 Å². The van der Waals surface area contributed by atoms with Crippen molar-refractivity contribution >= 4 is 23.5 Å². The average molecular weight is 470 g/mol. The highest BCUT2D eigenvalue weighted by molar-refractivity contribution is 6.31. The van der Waals surface area contributed by atoms with Crippen LogP contribution in [0, 0.1) is 5.82 Å². The maximum absolute atomic E-state index is 14.0. The number of rotatable bonds is 2. The van der Waals surface area contributed by atoms with Gasteiger partial charge in [0.05, 0.1) is 28.4 Å². The Morgan fingerprint density at radius 3 is 2.44 bits per heavy atom. The molecule has 1 fully saturated rings. The summed E-state index contributed by atoms with van der Waals surface area (Å²) in [6.45, 7) is 5.36. The van der Waals surface area contributed by atoms with E-state index in [1.807, 2.05) is 0 Å². The minimum atomic E-state index is -2.92. The van der Waals surface area contributed by atoms with Gasteiger partial charge in [0.15, 0.2) is 0 Å². The van der Waals surface area contributed by atoms with Crippen LogP contribution in [0.4, 0.5) is 18.0 Å². The Labute approximate surface area is 187 Å². The molecule has 0 saturated heterocycles. The number of halogens is 4. The first-order chi connectivity index (χ1) is 14.7. The van der Waals surface area contributed by atoms with E-state index in [9.17, 15) is 22.8 Å². The number of hydrogen-bond acceptors (Lipinski definition) is 3. The van der Waals surface area contributed by atoms with Crippen LogP contribution in [0.15, 0.2) is 18.2 Å². The molecule has 1 aliphatic carbocycles. The van der Waals surface area contributed by atoms with Gasteiger partial charge in [0.25, 0.3) is 11.8 Å². The van der Waals surface area contributed by atoms with E-state index in [4.69, 9.17) is 17.3 Å². The van der Waals surface area contributed by atoms with Crippen LogP contribution < -0.4 is 11.1 Å². The number of nitrogens with zero attached hydrogens (tertiary/aromatic N) is 3. The Kier molecular flexibility index (Phi) is 5.00. The van der Waals surface area contributed by atoms with Gasteiger partial charge in [-0.1, -0.05) is 11.6 Å². The summed E-state index contributed by atoms with van der Waals surface area (Å²) in [5.41, 5.74) is 4.61. The molecule has 3 N–H and O–H groups in total. The lowest BCUT2D eigenvalue weighted by molar-refractivity contribution is -0.167. The predicted molar refractivity (Wildman–Crippen MR) is 112 cm³/mol. The molecule has 1 aromatic heterocycles. The Balaban J connectivity index is 1.85. The quantitative estimate of drug-likeness (QED) is 0.698. The molecule has 1 saturated carbocycles. The molecule has 0 atom stereocenters. The van der Waals surface area contributed by atoms with Crippen molar-refractivity contribution in [1.82, 2.24) is 20.0 Å². The molecule has 0 unspecified atom stereocenters. The Bertz CT molecular complexity index is 1120. The lowest BCUT2D eigenvalue weighted by atomic mass is 9.72. The van der Waals surface area contributed by atoms with Crippen molar-refractivity contribution < 1.29 is 22.8 Å². The van der Waals surface area contributed by atoms with Gasteiger partial charge in [-0.15, -0.1) is 0 Å². The maximum atomic E-state index is 14.0. The van der Waals surface area contributed by atoms with Gasteiger partial charge in [-0.3, -0.25) is 9.48 Å². The first kappa shape index (κ1) is 22.4. The summed E-state index contributed by atoms with van der Waals surface area (Å²) >= 11 is 5.89. The number of alkyl halides is 2. The zero-order chi connectivity index (χ0) is 23.6. The summed E-state index contributed by atoms with van der Waals surface area (Å²) in [6, 6.07) is 3.36. The van der Waals surface area contributed by atoms with Crippen molar-refractivity contribution in [2.24, 2.45) is 5.73 Å². The molecule has 3 amide bonds. The molecular formula is C21H23ClF3N5O2. The number of urea groups is 1. The largest absolute Gasteiger partial charge is 0.365 e. The number of fused-ring (bicyclic) bond motifs is 2. The number of carbonyl (C=O) groups is 2. The van der Waals surface area contributed by atoms with E-state index >= 15 is 0 Å². The van der Waals surface area contributed by atoms with Crippen LogP contribution in [0.25, 0.3) is 11.3 Å². The van der Waals surface area contributed by atoms with E-state index in [2.05, 4.69) is 10.4 Å². The van der Waals surface area contributed by atoms with E-state index in [-0.39, 0.29) is 35.1 Å². The molecule has 0 radical (unpaired) electrons. The third-order valence-electron chi connectivity index (χ3n) is 5.64. The first-order valence-electron chi connectivity index (χ1n) is 10.0. The molecule has 2 aliphatic rings. The second-order valence-corrected chi connectivity index (χ2v) is 9.95. The molecule has 7 nitrogen and oxygen atoms in total. The fourth-order valence-electron chi connectivity index (χ4n) is 4.47. The molecule has 11 heteroatoms. The zero-order valence-corrected chi connectivity index (χ0v) is 18.6. The molecule has 0 bridgehead atoms. The van der Waals surface area contributed by atoms with Crippen LogP contribution >= 0.6 is 11.6 Å². The van der Waals surface area contributed by atoms with Gasteiger partial charge in [0.2, 0.25) is 0 Å². The first-order valence-corrected chi connectivity index (χ1v) is 10.4. The number of hydrogen-bond donors (Lipinski definition) is 2. The molecule has 1 aromatic carbocycles. The van der Waals surface area contributed by atoms with Crippen molar-refractivity contribution in [3.05, 3.63) is 40.3 Å². The van der Waals surface area contributed by atoms with Gasteiger partial charge in [-0.2, -0.15) is 5.10 Å². The summed E-state index contributed by atoms with van der Waals surface area (Å²) in [6.07, 6.45) is -1.06. The Morgan fingerprint density at radius 1 is 1.25 bits per heavy atom. The maximum Gasteiger partial charge on any atom is 0.318 e. The molecule has 172 valence electrons. The number of nitrogens with one attached hydrogen (secondary N) is 1. The molecule has 1 aliphatic heterocycles. The highest BCUT2D eigenvalue weighted by atomic mass is 35.5. The molecule has 1 spiro atoms. The molecule has 4 rings (SSSR count). The number of carbonyl (C=O) groups excluding carboxylic acids is 2. The number of amides is 3. The number of nitrogens with two attached hydrogens (primary N) is 1. The number of aromatic nitrogens is 2. The zero-order valence-electron chi connectivity index (χ0n) is 17.8. The van der Waals surface area contributed by atoms with Gasteiger partial charge in [-0.05, 0) is 39.0 Å². The van der Waals surface area contributed by atoms with E-state index in [0.29, 0.717) is 5.56 Å². The van der Waals surface area contributed by atoms with Crippen molar-refractivity contribution in [1.29, 1.82) is 0 Å². The van der Waals surface area contributed by atoms with Gasteiger partial charge >= 0.3 is 6.03 Å². The smallest absolute Gasteiger partial charge is 0.318 e. The fourth-order valence-corrected chi connectivity index (χ4v) is 4.65. The summed E-state index contributed by atoms with van der Waals surface area (Å²) in [4.78, 5) is 26.7. The minimum absolute atomic E-state index is 0.000991. The predicted octanol–water partition coefficient (Wildman–Crippen LogP) is 3.89. The third kappa shape index (κ3) is 3.80. The Morgan fingerprint density at radius 2 is 1.91 bits per heavy atom. The van der Waals surface area contributed by atoms with Gasteiger partial charge in [-0.25, -0.2) is 18.0 Å². The van der Waals surface area contributed by atoms with Crippen LogP contribution in [-0.2, 0) is 12.1 Å². The summed E-state index contributed by atoms with van der Waals surface area (Å²) in [7, 11) is 0. The Hall–Kier alpha value is -2.75. The minimum Gasteiger partial charge on any atom is -0.365 e. The van der Waals surface area contributed by atoms with E-state index in [1.54, 1.807) is 20.8 Å². The highest BCUT2D eigenvalue weighted by Gasteiger charge is 2.61. The lowest BCUT2D eigenvalue weighted by Crippen LogP contribution is -2.64. The van der Waals surface area contributed by atoms with Crippen LogP contribution in [0.5, 0.6) is 0 Å². The molecule has 2 heterocycles. The lowest BCUT2D eigenvalue weighted by Gasteiger charge is -2.52.